The maximum Gasteiger partial charge on any atom is 0 e. The molecule has 0 atom stereocenters. The molecule has 0 amide bonds. The molecule has 0 fully saturated rings. The van der Waals surface area contributed by atoms with E-state index < -0.39 is 0 Å². The summed E-state index contributed by atoms with van der Waals surface area (Å²) in [6.07, 6.45) is 0. The summed E-state index contributed by atoms with van der Waals surface area (Å²) in [5.41, 5.74) is 1.44. The van der Waals surface area contributed by atoms with Crippen molar-refractivity contribution in [3.05, 3.63) is 29.8 Å². The second-order valence-corrected chi connectivity index (χ2v) is 2.37. The van der Waals surface area contributed by atoms with Crippen molar-refractivity contribution in [2.24, 2.45) is 0 Å². The fourth-order valence-electron chi connectivity index (χ4n) is 0.774. The van der Waals surface area contributed by atoms with E-state index in [0.29, 0.717) is 5.92 Å². The molecule has 0 bridgehead atoms. The van der Waals surface area contributed by atoms with Gasteiger partial charge in [-0.2, -0.15) is 17.7 Å². The Morgan fingerprint density at radius 2 is 1.56 bits per heavy atom. The van der Waals surface area contributed by atoms with Gasteiger partial charge in [0, 0.05) is 17.1 Å². The smallest absolute Gasteiger partial charge is 0 e. The Bertz CT molecular complexity index is 140. The molecule has 0 aliphatic heterocycles. The monoisotopic (exact) mass is 163 g/mol. The van der Waals surface area contributed by atoms with Gasteiger partial charge in [0.05, 0.1) is 0 Å². The first-order chi connectivity index (χ1) is 3.80. The molecule has 0 spiro atoms. The van der Waals surface area contributed by atoms with Crippen molar-refractivity contribution in [3.63, 3.8) is 0 Å². The fourth-order valence-corrected chi connectivity index (χ4v) is 0.774. The summed E-state index contributed by atoms with van der Waals surface area (Å²) in [4.78, 5) is 0. The SMILES string of the molecule is CC(C)[c-]1cccc1.[Fe]. The second-order valence-electron chi connectivity index (χ2n) is 2.37. The van der Waals surface area contributed by atoms with Crippen LogP contribution >= 0.6 is 0 Å². The van der Waals surface area contributed by atoms with Crippen LogP contribution in [0.3, 0.4) is 0 Å². The van der Waals surface area contributed by atoms with E-state index in [1.165, 1.54) is 5.56 Å². The minimum Gasteiger partial charge on any atom is -0.213 e. The summed E-state index contributed by atoms with van der Waals surface area (Å²) >= 11 is 0. The van der Waals surface area contributed by atoms with Gasteiger partial charge in [0.15, 0.2) is 0 Å². The van der Waals surface area contributed by atoms with E-state index in [4.69, 9.17) is 0 Å². The fraction of sp³-hybridized carbons (Fsp3) is 0.375. The summed E-state index contributed by atoms with van der Waals surface area (Å²) < 4.78 is 0. The number of hydrogen-bond donors (Lipinski definition) is 0. The van der Waals surface area contributed by atoms with Crippen LogP contribution in [0.25, 0.3) is 0 Å². The molecule has 1 rings (SSSR count). The quantitative estimate of drug-likeness (QED) is 0.440. The molecule has 1 heteroatoms. The third kappa shape index (κ3) is 2.29. The molecule has 0 saturated carbocycles. The van der Waals surface area contributed by atoms with Crippen molar-refractivity contribution < 1.29 is 17.1 Å². The predicted molar refractivity (Wildman–Crippen MR) is 36.1 cm³/mol. The first-order valence-electron chi connectivity index (χ1n) is 3.02. The van der Waals surface area contributed by atoms with E-state index in [1.807, 2.05) is 0 Å². The molecule has 0 heterocycles. The number of hydrogen-bond acceptors (Lipinski definition) is 0. The Kier molecular flexibility index (Phi) is 3.76. The number of rotatable bonds is 1. The summed E-state index contributed by atoms with van der Waals surface area (Å²) in [6, 6.07) is 8.47. The van der Waals surface area contributed by atoms with E-state index in [1.54, 1.807) is 0 Å². The standard InChI is InChI=1S/C8H11.Fe/c1-7(2)8-5-3-4-6-8;/h3-7H,1-2H3;/q-1;. The molecular formula is C8H11Fe-. The van der Waals surface area contributed by atoms with Gasteiger partial charge in [-0.3, -0.25) is 0 Å². The van der Waals surface area contributed by atoms with E-state index in [2.05, 4.69) is 38.1 Å². The topological polar surface area (TPSA) is 0 Å². The Labute approximate surface area is 67.1 Å². The zero-order valence-electron chi connectivity index (χ0n) is 5.74. The van der Waals surface area contributed by atoms with Gasteiger partial charge in [-0.15, -0.1) is 0 Å². The molecule has 0 nitrogen and oxygen atoms in total. The normalized spacial score (nSPS) is 9.22. The molecule has 0 aliphatic rings. The van der Waals surface area contributed by atoms with Gasteiger partial charge in [0.25, 0.3) is 0 Å². The van der Waals surface area contributed by atoms with Gasteiger partial charge < -0.3 is 0 Å². The minimum absolute atomic E-state index is 0. The first kappa shape index (κ1) is 8.87. The van der Waals surface area contributed by atoms with Gasteiger partial charge >= 0.3 is 0 Å². The molecule has 0 N–H and O–H groups in total. The summed E-state index contributed by atoms with van der Waals surface area (Å²) in [5.74, 6) is 0.685. The van der Waals surface area contributed by atoms with Crippen LogP contribution in [0.2, 0.25) is 0 Å². The van der Waals surface area contributed by atoms with Crippen LogP contribution in [0.5, 0.6) is 0 Å². The van der Waals surface area contributed by atoms with Crippen LogP contribution in [0.15, 0.2) is 24.3 Å². The molecule has 0 saturated heterocycles. The van der Waals surface area contributed by atoms with Crippen molar-refractivity contribution in [1.29, 1.82) is 0 Å². The van der Waals surface area contributed by atoms with E-state index in [-0.39, 0.29) is 17.1 Å². The molecule has 0 aliphatic carbocycles. The van der Waals surface area contributed by atoms with Crippen LogP contribution < -0.4 is 0 Å². The Morgan fingerprint density at radius 1 is 1.11 bits per heavy atom. The Hall–Kier alpha value is -0.131. The zero-order valence-corrected chi connectivity index (χ0v) is 6.84. The van der Waals surface area contributed by atoms with Crippen LogP contribution in [-0.2, 0) is 17.1 Å². The molecule has 52 valence electrons. The third-order valence-corrected chi connectivity index (χ3v) is 1.36. The molecule has 1 aromatic rings. The van der Waals surface area contributed by atoms with Crippen molar-refractivity contribution in [2.45, 2.75) is 19.8 Å². The van der Waals surface area contributed by atoms with Crippen molar-refractivity contribution in [2.75, 3.05) is 0 Å². The van der Waals surface area contributed by atoms with Crippen molar-refractivity contribution in [3.8, 4) is 0 Å². The van der Waals surface area contributed by atoms with E-state index in [9.17, 15) is 0 Å². The van der Waals surface area contributed by atoms with E-state index in [0.717, 1.165) is 0 Å². The van der Waals surface area contributed by atoms with Crippen LogP contribution in [-0.4, -0.2) is 0 Å². The van der Waals surface area contributed by atoms with Crippen LogP contribution in [0, 0.1) is 0 Å². The maximum atomic E-state index is 2.20. The molecule has 0 radical (unpaired) electrons. The Balaban J connectivity index is 0.000000640. The third-order valence-electron chi connectivity index (χ3n) is 1.36. The average molecular weight is 163 g/mol. The molecule has 9 heavy (non-hydrogen) atoms. The summed E-state index contributed by atoms with van der Waals surface area (Å²) in [5, 5.41) is 0. The predicted octanol–water partition coefficient (Wildman–Crippen LogP) is 2.53. The summed E-state index contributed by atoms with van der Waals surface area (Å²) in [6.45, 7) is 4.41. The Morgan fingerprint density at radius 3 is 1.78 bits per heavy atom. The minimum atomic E-state index is 0. The van der Waals surface area contributed by atoms with Gasteiger partial charge in [-0.25, -0.2) is 12.1 Å². The van der Waals surface area contributed by atoms with E-state index >= 15 is 0 Å². The molecule has 0 aromatic heterocycles. The molecule has 0 unspecified atom stereocenters. The second kappa shape index (κ2) is 3.81. The van der Waals surface area contributed by atoms with Crippen molar-refractivity contribution >= 4 is 0 Å². The van der Waals surface area contributed by atoms with Crippen molar-refractivity contribution in [1.82, 2.24) is 0 Å². The maximum absolute atomic E-state index is 2.20. The van der Waals surface area contributed by atoms with Gasteiger partial charge in [-0.1, -0.05) is 19.8 Å². The molecular weight excluding hydrogens is 152 g/mol. The molecule has 1 aromatic carbocycles. The van der Waals surface area contributed by atoms with Gasteiger partial charge in [0.2, 0.25) is 0 Å². The largest absolute Gasteiger partial charge is 0.213 e. The van der Waals surface area contributed by atoms with Crippen LogP contribution in [0.1, 0.15) is 25.3 Å². The van der Waals surface area contributed by atoms with Gasteiger partial charge in [-0.05, 0) is 0 Å². The first-order valence-corrected chi connectivity index (χ1v) is 3.02. The van der Waals surface area contributed by atoms with Crippen LogP contribution in [0.4, 0.5) is 0 Å². The van der Waals surface area contributed by atoms with Gasteiger partial charge in [0.1, 0.15) is 0 Å². The average Bonchev–Trinajstić information content (AvgIpc) is 2.12. The summed E-state index contributed by atoms with van der Waals surface area (Å²) in [7, 11) is 0. The zero-order chi connectivity index (χ0) is 5.98.